The minimum atomic E-state index is -0.0736. The zero-order valence-electron chi connectivity index (χ0n) is 13.3. The third kappa shape index (κ3) is 4.32. The van der Waals surface area contributed by atoms with E-state index in [1.165, 1.54) is 6.42 Å². The largest absolute Gasteiger partial charge is 0.381 e. The van der Waals surface area contributed by atoms with Crippen LogP contribution in [0.15, 0.2) is 24.3 Å². The highest BCUT2D eigenvalue weighted by molar-refractivity contribution is 5.95. The molecular weight excluding hydrogens is 292 g/mol. The number of amides is 2. The lowest BCUT2D eigenvalue weighted by Gasteiger charge is -2.21. The maximum Gasteiger partial charge on any atom is 0.229 e. The SMILES string of the molecule is O=C(Nc1cccc(NC(=O)[C@H]2CCOC2)c1)C1CCCCC1. The molecule has 1 aromatic carbocycles. The van der Waals surface area contributed by atoms with Crippen molar-refractivity contribution in [3.05, 3.63) is 24.3 Å². The van der Waals surface area contributed by atoms with Crippen LogP contribution in [0.3, 0.4) is 0 Å². The number of hydrogen-bond donors (Lipinski definition) is 2. The predicted molar refractivity (Wildman–Crippen MR) is 89.2 cm³/mol. The molecule has 1 atom stereocenters. The number of nitrogens with one attached hydrogen (secondary N) is 2. The van der Waals surface area contributed by atoms with E-state index in [4.69, 9.17) is 4.74 Å². The number of rotatable bonds is 4. The van der Waals surface area contributed by atoms with Gasteiger partial charge in [-0.2, -0.15) is 0 Å². The van der Waals surface area contributed by atoms with E-state index < -0.39 is 0 Å². The molecule has 0 spiro atoms. The highest BCUT2D eigenvalue weighted by Gasteiger charge is 2.24. The Balaban J connectivity index is 1.58. The monoisotopic (exact) mass is 316 g/mol. The second-order valence-corrected chi connectivity index (χ2v) is 6.45. The van der Waals surface area contributed by atoms with Gasteiger partial charge in [-0.05, 0) is 37.5 Å². The van der Waals surface area contributed by atoms with Crippen molar-refractivity contribution in [2.75, 3.05) is 23.8 Å². The van der Waals surface area contributed by atoms with Crippen molar-refractivity contribution in [1.29, 1.82) is 0 Å². The van der Waals surface area contributed by atoms with E-state index in [1.807, 2.05) is 24.3 Å². The van der Waals surface area contributed by atoms with Crippen LogP contribution < -0.4 is 10.6 Å². The van der Waals surface area contributed by atoms with E-state index >= 15 is 0 Å². The van der Waals surface area contributed by atoms with Gasteiger partial charge in [-0.3, -0.25) is 9.59 Å². The average Bonchev–Trinajstić information content (AvgIpc) is 3.10. The van der Waals surface area contributed by atoms with Crippen molar-refractivity contribution >= 4 is 23.2 Å². The summed E-state index contributed by atoms with van der Waals surface area (Å²) in [5.74, 6) is 0.128. The first-order chi connectivity index (χ1) is 11.2. The lowest BCUT2D eigenvalue weighted by Crippen LogP contribution is -2.25. The number of benzene rings is 1. The van der Waals surface area contributed by atoms with Gasteiger partial charge >= 0.3 is 0 Å². The van der Waals surface area contributed by atoms with Crippen molar-refractivity contribution in [3.8, 4) is 0 Å². The van der Waals surface area contributed by atoms with E-state index in [0.29, 0.717) is 18.9 Å². The molecule has 23 heavy (non-hydrogen) atoms. The van der Waals surface area contributed by atoms with Gasteiger partial charge in [-0.1, -0.05) is 25.3 Å². The summed E-state index contributed by atoms with van der Waals surface area (Å²) in [5, 5.41) is 5.89. The van der Waals surface area contributed by atoms with Crippen molar-refractivity contribution in [3.63, 3.8) is 0 Å². The van der Waals surface area contributed by atoms with E-state index in [-0.39, 0.29) is 23.7 Å². The van der Waals surface area contributed by atoms with Crippen molar-refractivity contribution in [1.82, 2.24) is 0 Å². The van der Waals surface area contributed by atoms with Crippen LogP contribution in [-0.2, 0) is 14.3 Å². The summed E-state index contributed by atoms with van der Waals surface area (Å²) in [6.07, 6.45) is 6.23. The standard InChI is InChI=1S/C18H24N2O3/c21-17(13-5-2-1-3-6-13)19-15-7-4-8-16(11-15)20-18(22)14-9-10-23-12-14/h4,7-8,11,13-14H,1-3,5-6,9-10,12H2,(H,19,21)(H,20,22)/t14-/m0/s1. The second kappa shape index (κ2) is 7.59. The van der Waals surface area contributed by atoms with Crippen molar-refractivity contribution in [2.45, 2.75) is 38.5 Å². The van der Waals surface area contributed by atoms with E-state index in [9.17, 15) is 9.59 Å². The lowest BCUT2D eigenvalue weighted by atomic mass is 9.88. The molecule has 3 rings (SSSR count). The molecular formula is C18H24N2O3. The van der Waals surface area contributed by atoms with Crippen LogP contribution in [-0.4, -0.2) is 25.0 Å². The molecule has 2 amide bonds. The molecule has 1 aliphatic heterocycles. The Morgan fingerprint density at radius 2 is 1.57 bits per heavy atom. The van der Waals surface area contributed by atoms with Crippen LogP contribution in [0.1, 0.15) is 38.5 Å². The summed E-state index contributed by atoms with van der Waals surface area (Å²) in [4.78, 5) is 24.4. The van der Waals surface area contributed by atoms with Crippen LogP contribution in [0.4, 0.5) is 11.4 Å². The Kier molecular flexibility index (Phi) is 5.28. The molecule has 5 heteroatoms. The highest BCUT2D eigenvalue weighted by atomic mass is 16.5. The van der Waals surface area contributed by atoms with Crippen LogP contribution in [0.2, 0.25) is 0 Å². The Hall–Kier alpha value is -1.88. The van der Waals surface area contributed by atoms with Crippen molar-refractivity contribution < 1.29 is 14.3 Å². The minimum Gasteiger partial charge on any atom is -0.381 e. The molecule has 1 aliphatic carbocycles. The smallest absolute Gasteiger partial charge is 0.229 e. The van der Waals surface area contributed by atoms with Crippen LogP contribution in [0, 0.1) is 11.8 Å². The number of hydrogen-bond acceptors (Lipinski definition) is 3. The third-order valence-electron chi connectivity index (χ3n) is 4.67. The number of anilines is 2. The van der Waals surface area contributed by atoms with E-state index in [1.54, 1.807) is 0 Å². The topological polar surface area (TPSA) is 67.4 Å². The summed E-state index contributed by atoms with van der Waals surface area (Å²) in [5.41, 5.74) is 1.45. The Morgan fingerprint density at radius 3 is 2.17 bits per heavy atom. The van der Waals surface area contributed by atoms with Crippen LogP contribution in [0.25, 0.3) is 0 Å². The summed E-state index contributed by atoms with van der Waals surface area (Å²) < 4.78 is 5.24. The molecule has 124 valence electrons. The molecule has 2 N–H and O–H groups in total. The fraction of sp³-hybridized carbons (Fsp3) is 0.556. The maximum atomic E-state index is 12.3. The molecule has 0 bridgehead atoms. The predicted octanol–water partition coefficient (Wildman–Crippen LogP) is 3.18. The number of carbonyl (C=O) groups is 2. The van der Waals surface area contributed by atoms with Gasteiger partial charge in [0.2, 0.25) is 11.8 Å². The first-order valence-electron chi connectivity index (χ1n) is 8.52. The molecule has 0 unspecified atom stereocenters. The number of carbonyl (C=O) groups excluding carboxylic acids is 2. The van der Waals surface area contributed by atoms with Gasteiger partial charge in [0, 0.05) is 23.9 Å². The third-order valence-corrected chi connectivity index (χ3v) is 4.67. The molecule has 5 nitrogen and oxygen atoms in total. The van der Waals surface area contributed by atoms with Crippen LogP contribution >= 0.6 is 0 Å². The molecule has 1 aromatic rings. The van der Waals surface area contributed by atoms with E-state index in [0.717, 1.165) is 37.8 Å². The normalized spacial score (nSPS) is 21.8. The van der Waals surface area contributed by atoms with Gasteiger partial charge in [0.15, 0.2) is 0 Å². The first kappa shape index (κ1) is 16.0. The zero-order chi connectivity index (χ0) is 16.1. The fourth-order valence-electron chi connectivity index (χ4n) is 3.27. The summed E-state index contributed by atoms with van der Waals surface area (Å²) in [7, 11) is 0. The van der Waals surface area contributed by atoms with Gasteiger partial charge in [0.25, 0.3) is 0 Å². The summed E-state index contributed by atoms with van der Waals surface area (Å²) in [6.45, 7) is 1.14. The summed E-state index contributed by atoms with van der Waals surface area (Å²) >= 11 is 0. The fourth-order valence-corrected chi connectivity index (χ4v) is 3.27. The lowest BCUT2D eigenvalue weighted by molar-refractivity contribution is -0.121. The molecule has 0 radical (unpaired) electrons. The highest BCUT2D eigenvalue weighted by Crippen LogP contribution is 2.25. The molecule has 2 fully saturated rings. The second-order valence-electron chi connectivity index (χ2n) is 6.45. The molecule has 1 saturated heterocycles. The molecule has 1 heterocycles. The van der Waals surface area contributed by atoms with Gasteiger partial charge in [-0.25, -0.2) is 0 Å². The van der Waals surface area contributed by atoms with Crippen molar-refractivity contribution in [2.24, 2.45) is 11.8 Å². The van der Waals surface area contributed by atoms with E-state index in [2.05, 4.69) is 10.6 Å². The molecule has 1 saturated carbocycles. The molecule has 2 aliphatic rings. The number of ether oxygens (including phenoxy) is 1. The van der Waals surface area contributed by atoms with Gasteiger partial charge < -0.3 is 15.4 Å². The van der Waals surface area contributed by atoms with Gasteiger partial charge in [0.1, 0.15) is 0 Å². The maximum absolute atomic E-state index is 12.3. The average molecular weight is 316 g/mol. The Morgan fingerprint density at radius 1 is 0.913 bits per heavy atom. The first-order valence-corrected chi connectivity index (χ1v) is 8.52. The zero-order valence-corrected chi connectivity index (χ0v) is 13.3. The molecule has 0 aromatic heterocycles. The Labute approximate surface area is 136 Å². The Bertz CT molecular complexity index is 561. The quantitative estimate of drug-likeness (QED) is 0.896. The van der Waals surface area contributed by atoms with Gasteiger partial charge in [-0.15, -0.1) is 0 Å². The van der Waals surface area contributed by atoms with Crippen LogP contribution in [0.5, 0.6) is 0 Å². The minimum absolute atomic E-state index is 0.0155. The summed E-state index contributed by atoms with van der Waals surface area (Å²) in [6, 6.07) is 7.35. The van der Waals surface area contributed by atoms with Gasteiger partial charge in [0.05, 0.1) is 12.5 Å².